The molecule has 8 rings (SSSR count). The van der Waals surface area contributed by atoms with Gasteiger partial charge in [0.1, 0.15) is 8.07 Å². The molecule has 0 bridgehead atoms. The zero-order valence-corrected chi connectivity index (χ0v) is 27.1. The summed E-state index contributed by atoms with van der Waals surface area (Å²) in [7, 11) is -2.13. The summed E-state index contributed by atoms with van der Waals surface area (Å²) < 4.78 is 0. The Bertz CT molecular complexity index is 1710. The third kappa shape index (κ3) is 4.12. The number of rotatable bonds is 4. The first kappa shape index (κ1) is 26.8. The van der Waals surface area contributed by atoms with Crippen LogP contribution in [0.3, 0.4) is 0 Å². The van der Waals surface area contributed by atoms with Gasteiger partial charge in [-0.2, -0.15) is 0 Å². The van der Waals surface area contributed by atoms with Gasteiger partial charge in [0.2, 0.25) is 0 Å². The molecule has 0 saturated carbocycles. The van der Waals surface area contributed by atoms with Crippen molar-refractivity contribution in [3.8, 4) is 0 Å². The van der Waals surface area contributed by atoms with Crippen molar-refractivity contribution in [2.45, 2.75) is 65.5 Å². The number of hydrogen-bond donors (Lipinski definition) is 0. The minimum atomic E-state index is -2.13. The van der Waals surface area contributed by atoms with Gasteiger partial charge in [0.05, 0.1) is 0 Å². The van der Waals surface area contributed by atoms with Gasteiger partial charge in [0.25, 0.3) is 0 Å². The van der Waals surface area contributed by atoms with Crippen molar-refractivity contribution in [3.05, 3.63) is 129 Å². The number of benzene rings is 4. The van der Waals surface area contributed by atoms with Crippen molar-refractivity contribution in [2.24, 2.45) is 0 Å². The van der Waals surface area contributed by atoms with Gasteiger partial charge >= 0.3 is 0 Å². The molecule has 0 radical (unpaired) electrons. The summed E-state index contributed by atoms with van der Waals surface area (Å²) in [6.45, 7) is 12.3. The van der Waals surface area contributed by atoms with E-state index in [1.165, 1.54) is 70.7 Å². The molecule has 4 aromatic rings. The Labute approximate surface area is 258 Å². The van der Waals surface area contributed by atoms with Gasteiger partial charge < -0.3 is 9.80 Å². The lowest BCUT2D eigenvalue weighted by Crippen LogP contribution is -2.34. The molecule has 2 heterocycles. The molecular weight excluding hydrogens is 537 g/mol. The number of allylic oxidation sites excluding steroid dienone is 2. The molecule has 0 saturated heterocycles. The predicted octanol–water partition coefficient (Wildman–Crippen LogP) is 10.0. The number of fused-ring (bicyclic) bond motifs is 4. The molecule has 2 aliphatic carbocycles. The van der Waals surface area contributed by atoms with Gasteiger partial charge in [-0.1, -0.05) is 84.9 Å². The van der Waals surface area contributed by atoms with Crippen LogP contribution in [0.25, 0.3) is 10.4 Å². The summed E-state index contributed by atoms with van der Waals surface area (Å²) in [6.07, 6.45) is 6.91. The van der Waals surface area contributed by atoms with E-state index in [4.69, 9.17) is 0 Å². The number of anilines is 4. The summed E-state index contributed by atoms with van der Waals surface area (Å²) >= 11 is 0. The van der Waals surface area contributed by atoms with Crippen LogP contribution < -0.4 is 9.80 Å². The Morgan fingerprint density at radius 3 is 1.35 bits per heavy atom. The Kier molecular flexibility index (Phi) is 6.31. The molecule has 0 N–H and O–H groups in total. The van der Waals surface area contributed by atoms with Gasteiger partial charge in [-0.25, -0.2) is 0 Å². The molecule has 0 atom stereocenters. The number of nitrogens with zero attached hydrogens (tertiary/aromatic N) is 2. The second-order valence-corrected chi connectivity index (χ2v) is 17.9. The van der Waals surface area contributed by atoms with Crippen LogP contribution in [-0.2, 0) is 25.7 Å². The van der Waals surface area contributed by atoms with Crippen LogP contribution in [0.15, 0.2) is 96.1 Å². The Morgan fingerprint density at radius 1 is 0.488 bits per heavy atom. The van der Waals surface area contributed by atoms with E-state index in [2.05, 4.69) is 122 Å². The first-order valence-electron chi connectivity index (χ1n) is 16.3. The van der Waals surface area contributed by atoms with E-state index in [9.17, 15) is 0 Å². The van der Waals surface area contributed by atoms with Gasteiger partial charge in [-0.15, -0.1) is 0 Å². The molecule has 0 amide bonds. The van der Waals surface area contributed by atoms with Crippen molar-refractivity contribution in [3.63, 3.8) is 0 Å². The van der Waals surface area contributed by atoms with Crippen LogP contribution in [0.4, 0.5) is 22.7 Å². The van der Waals surface area contributed by atoms with Crippen molar-refractivity contribution >= 4 is 41.2 Å². The lowest BCUT2D eigenvalue weighted by Gasteiger charge is -2.38. The van der Waals surface area contributed by atoms with E-state index in [0.717, 1.165) is 25.9 Å². The van der Waals surface area contributed by atoms with Crippen LogP contribution in [0.5, 0.6) is 0 Å². The average Bonchev–Trinajstić information content (AvgIpc) is 3.56. The smallest absolute Gasteiger partial charge is 0.113 e. The average molecular weight is 579 g/mol. The van der Waals surface area contributed by atoms with Crippen LogP contribution in [-0.4, -0.2) is 21.2 Å². The number of hydrogen-bond acceptors (Lipinski definition) is 2. The molecular formula is C40H42N2Si. The van der Waals surface area contributed by atoms with E-state index in [1.54, 1.807) is 32.7 Å². The monoisotopic (exact) mass is 578 g/mol. The molecule has 2 nitrogen and oxygen atoms in total. The summed E-state index contributed by atoms with van der Waals surface area (Å²) in [5, 5.41) is 3.36. The maximum atomic E-state index is 2.65. The first-order chi connectivity index (χ1) is 20.9. The van der Waals surface area contributed by atoms with E-state index < -0.39 is 8.07 Å². The van der Waals surface area contributed by atoms with E-state index in [-0.39, 0.29) is 0 Å². The molecule has 0 fully saturated rings. The zero-order valence-electron chi connectivity index (χ0n) is 26.1. The summed E-state index contributed by atoms with van der Waals surface area (Å²) in [5.74, 6) is 0. The van der Waals surface area contributed by atoms with E-state index >= 15 is 0 Å². The maximum absolute atomic E-state index is 2.65. The van der Waals surface area contributed by atoms with Gasteiger partial charge in [0.15, 0.2) is 0 Å². The molecule has 0 unspecified atom stereocenters. The van der Waals surface area contributed by atoms with E-state index in [1.807, 2.05) is 0 Å². The van der Waals surface area contributed by atoms with Gasteiger partial charge in [-0.05, 0) is 109 Å². The quantitative estimate of drug-likeness (QED) is 0.222. The van der Waals surface area contributed by atoms with E-state index in [0.29, 0.717) is 0 Å². The third-order valence-electron chi connectivity index (χ3n) is 10.6. The second kappa shape index (κ2) is 10.1. The summed E-state index contributed by atoms with van der Waals surface area (Å²) in [6, 6.07) is 32.4. The topological polar surface area (TPSA) is 6.48 Å². The largest absolute Gasteiger partial charge is 0.341 e. The number of para-hydroxylation sites is 2. The molecule has 0 aromatic heterocycles. The van der Waals surface area contributed by atoms with Crippen LogP contribution >= 0.6 is 0 Å². The van der Waals surface area contributed by atoms with Crippen molar-refractivity contribution < 1.29 is 0 Å². The van der Waals surface area contributed by atoms with Crippen molar-refractivity contribution in [1.82, 2.24) is 0 Å². The molecule has 3 heteroatoms. The molecule has 0 spiro atoms. The fraction of sp³-hybridized carbons (Fsp3) is 0.300. The fourth-order valence-electron chi connectivity index (χ4n) is 9.05. The standard InChI is InChI=1S/C40H42N2Si/c1-27-25-31-15-9-21-35(41-23-11-17-29-13-5-7-19-33(29)41)37(31)39(27)43(3,4)40-28(2)26-32-16-10-22-36(38(32)40)42-24-12-18-30-14-6-8-20-34(30)42/h5-10,13-16,19-22H,11-12,17-18,23-26H2,1-4H3. The molecule has 216 valence electrons. The maximum Gasteiger partial charge on any atom is 0.113 e. The Balaban J connectivity index is 1.28. The highest BCUT2D eigenvalue weighted by atomic mass is 28.3. The highest BCUT2D eigenvalue weighted by Crippen LogP contribution is 2.54. The van der Waals surface area contributed by atoms with Gasteiger partial charge in [-0.3, -0.25) is 0 Å². The second-order valence-electron chi connectivity index (χ2n) is 13.7. The lowest BCUT2D eigenvalue weighted by atomic mass is 9.99. The van der Waals surface area contributed by atoms with Gasteiger partial charge in [0, 0.05) is 47.0 Å². The van der Waals surface area contributed by atoms with Crippen LogP contribution in [0.2, 0.25) is 13.1 Å². The normalized spacial score (nSPS) is 17.7. The summed E-state index contributed by atoms with van der Waals surface area (Å²) in [4.78, 5) is 5.28. The highest BCUT2D eigenvalue weighted by Gasteiger charge is 2.43. The molecule has 43 heavy (non-hydrogen) atoms. The summed E-state index contributed by atoms with van der Waals surface area (Å²) in [5.41, 5.74) is 17.9. The minimum Gasteiger partial charge on any atom is -0.341 e. The molecule has 4 aromatic carbocycles. The van der Waals surface area contributed by atoms with Crippen LogP contribution in [0, 0.1) is 0 Å². The zero-order chi connectivity index (χ0) is 29.3. The molecule has 4 aliphatic rings. The van der Waals surface area contributed by atoms with Crippen LogP contribution in [0.1, 0.15) is 60.1 Å². The molecule has 2 aliphatic heterocycles. The Morgan fingerprint density at radius 2 is 0.884 bits per heavy atom. The minimum absolute atomic E-state index is 1.07. The lowest BCUT2D eigenvalue weighted by molar-refractivity contribution is 0.766. The Hall–Kier alpha value is -3.82. The first-order valence-corrected chi connectivity index (χ1v) is 19.3. The fourth-order valence-corrected chi connectivity index (χ4v) is 13.4. The van der Waals surface area contributed by atoms with Crippen molar-refractivity contribution in [1.29, 1.82) is 0 Å². The predicted molar refractivity (Wildman–Crippen MR) is 186 cm³/mol. The number of aryl methyl sites for hydroxylation is 2. The van der Waals surface area contributed by atoms with Crippen molar-refractivity contribution in [2.75, 3.05) is 22.9 Å². The highest BCUT2D eigenvalue weighted by molar-refractivity contribution is 7.09. The SMILES string of the molecule is CC1=C([Si](C)(C)C2=C(C)Cc3cccc(N4CCCc5ccccc54)c32)c2c(cccc2N2CCCc3ccccc32)C1. The third-order valence-corrected chi connectivity index (χ3v) is 14.4.